The lowest BCUT2D eigenvalue weighted by Gasteiger charge is -2.26. The Morgan fingerprint density at radius 1 is 1.28 bits per heavy atom. The first kappa shape index (κ1) is 17.6. The van der Waals surface area contributed by atoms with Crippen molar-refractivity contribution in [2.75, 3.05) is 4.90 Å². The highest BCUT2D eigenvalue weighted by atomic mass is 79.9. The van der Waals surface area contributed by atoms with Crippen LogP contribution in [0.3, 0.4) is 0 Å². The number of hydrogen-bond acceptors (Lipinski definition) is 3. The molecule has 6 heteroatoms. The molecule has 1 aliphatic rings. The number of ether oxygens (including phenoxy) is 1. The lowest BCUT2D eigenvalue weighted by molar-refractivity contribution is -0.126. The molecule has 0 aliphatic carbocycles. The monoisotopic (exact) mass is 405 g/mol. The van der Waals surface area contributed by atoms with Crippen LogP contribution in [0.15, 0.2) is 46.9 Å². The first-order valence-electron chi connectivity index (χ1n) is 7.95. The van der Waals surface area contributed by atoms with E-state index in [-0.39, 0.29) is 17.5 Å². The summed E-state index contributed by atoms with van der Waals surface area (Å²) in [4.78, 5) is 26.6. The summed E-state index contributed by atoms with van der Waals surface area (Å²) < 4.78 is 19.6. The van der Waals surface area contributed by atoms with E-state index in [1.54, 1.807) is 11.0 Å². The van der Waals surface area contributed by atoms with Gasteiger partial charge in [-0.3, -0.25) is 4.79 Å². The van der Waals surface area contributed by atoms with Gasteiger partial charge in [-0.1, -0.05) is 34.1 Å². The van der Waals surface area contributed by atoms with Gasteiger partial charge >= 0.3 is 5.97 Å². The van der Waals surface area contributed by atoms with Gasteiger partial charge in [-0.05, 0) is 50.1 Å². The SMILES string of the molecule is C[C@H](OC(=O)c1ccc(Br)cc1F)C(=O)N1c2ccccc2C[C@@H]1C. The minimum atomic E-state index is -1.01. The number of esters is 1. The van der Waals surface area contributed by atoms with E-state index < -0.39 is 17.9 Å². The molecule has 0 aromatic heterocycles. The van der Waals surface area contributed by atoms with Gasteiger partial charge in [-0.25, -0.2) is 9.18 Å². The highest BCUT2D eigenvalue weighted by Crippen LogP contribution is 2.32. The van der Waals surface area contributed by atoms with Crippen molar-refractivity contribution in [2.24, 2.45) is 0 Å². The maximum absolute atomic E-state index is 13.9. The Balaban J connectivity index is 1.76. The van der Waals surface area contributed by atoms with Crippen LogP contribution in [0.5, 0.6) is 0 Å². The Labute approximate surface area is 153 Å². The summed E-state index contributed by atoms with van der Waals surface area (Å²) in [5.74, 6) is -1.87. The second-order valence-electron chi connectivity index (χ2n) is 6.06. The average Bonchev–Trinajstić information content (AvgIpc) is 2.89. The fourth-order valence-corrected chi connectivity index (χ4v) is 3.36. The Bertz CT molecular complexity index is 839. The molecule has 25 heavy (non-hydrogen) atoms. The fraction of sp³-hybridized carbons (Fsp3) is 0.263. The van der Waals surface area contributed by atoms with Crippen molar-refractivity contribution < 1.29 is 18.7 Å². The summed E-state index contributed by atoms with van der Waals surface area (Å²) in [6.45, 7) is 3.45. The second-order valence-corrected chi connectivity index (χ2v) is 6.98. The number of anilines is 1. The maximum Gasteiger partial charge on any atom is 0.341 e. The van der Waals surface area contributed by atoms with Crippen LogP contribution in [-0.2, 0) is 16.0 Å². The van der Waals surface area contributed by atoms with E-state index in [2.05, 4.69) is 15.9 Å². The standard InChI is InChI=1S/C19H17BrFNO3/c1-11-9-13-5-3-4-6-17(13)22(11)18(23)12(2)25-19(24)15-8-7-14(20)10-16(15)21/h3-8,10-12H,9H2,1-2H3/t11-,12-/m0/s1. The second kappa shape index (κ2) is 6.96. The van der Waals surface area contributed by atoms with E-state index in [4.69, 9.17) is 4.74 Å². The molecule has 2 aromatic rings. The van der Waals surface area contributed by atoms with Crippen LogP contribution in [0.2, 0.25) is 0 Å². The van der Waals surface area contributed by atoms with Gasteiger partial charge in [0.25, 0.3) is 5.91 Å². The van der Waals surface area contributed by atoms with Crippen LogP contribution in [-0.4, -0.2) is 24.0 Å². The van der Waals surface area contributed by atoms with E-state index in [9.17, 15) is 14.0 Å². The molecule has 0 spiro atoms. The third-order valence-electron chi connectivity index (χ3n) is 4.23. The van der Waals surface area contributed by atoms with Crippen molar-refractivity contribution in [1.82, 2.24) is 0 Å². The van der Waals surface area contributed by atoms with Gasteiger partial charge < -0.3 is 9.64 Å². The summed E-state index contributed by atoms with van der Waals surface area (Å²) in [5.41, 5.74) is 1.72. The third kappa shape index (κ3) is 3.44. The van der Waals surface area contributed by atoms with Crippen LogP contribution >= 0.6 is 15.9 Å². The molecular formula is C19H17BrFNO3. The van der Waals surface area contributed by atoms with Crippen molar-refractivity contribution in [2.45, 2.75) is 32.4 Å². The molecule has 0 fully saturated rings. The van der Waals surface area contributed by atoms with E-state index in [0.29, 0.717) is 4.47 Å². The first-order chi connectivity index (χ1) is 11.9. The van der Waals surface area contributed by atoms with Gasteiger partial charge in [0.1, 0.15) is 5.82 Å². The molecule has 0 saturated heterocycles. The van der Waals surface area contributed by atoms with Crippen molar-refractivity contribution in [3.8, 4) is 0 Å². The summed E-state index contributed by atoms with van der Waals surface area (Å²) >= 11 is 3.13. The average molecular weight is 406 g/mol. The summed E-state index contributed by atoms with van der Waals surface area (Å²) in [5, 5.41) is 0. The minimum absolute atomic E-state index is 0.0181. The predicted molar refractivity (Wildman–Crippen MR) is 96.1 cm³/mol. The van der Waals surface area contributed by atoms with E-state index in [1.807, 2.05) is 31.2 Å². The van der Waals surface area contributed by atoms with Crippen LogP contribution in [0.1, 0.15) is 29.8 Å². The van der Waals surface area contributed by atoms with Crippen LogP contribution in [0.4, 0.5) is 10.1 Å². The number of rotatable bonds is 3. The molecule has 1 heterocycles. The zero-order chi connectivity index (χ0) is 18.1. The number of carbonyl (C=O) groups excluding carboxylic acids is 2. The number of carbonyl (C=O) groups is 2. The van der Waals surface area contributed by atoms with Gasteiger partial charge in [0.2, 0.25) is 0 Å². The summed E-state index contributed by atoms with van der Waals surface area (Å²) in [7, 11) is 0. The van der Waals surface area contributed by atoms with Gasteiger partial charge in [-0.15, -0.1) is 0 Å². The molecule has 0 bridgehead atoms. The van der Waals surface area contributed by atoms with E-state index in [1.165, 1.54) is 19.1 Å². The highest BCUT2D eigenvalue weighted by molar-refractivity contribution is 9.10. The molecular weight excluding hydrogens is 389 g/mol. The van der Waals surface area contributed by atoms with Crippen LogP contribution in [0.25, 0.3) is 0 Å². The molecule has 1 aliphatic heterocycles. The Morgan fingerprint density at radius 2 is 2.00 bits per heavy atom. The largest absolute Gasteiger partial charge is 0.449 e. The highest BCUT2D eigenvalue weighted by Gasteiger charge is 2.34. The molecule has 3 rings (SSSR count). The lowest BCUT2D eigenvalue weighted by atomic mass is 10.1. The molecule has 130 valence electrons. The number of hydrogen-bond donors (Lipinski definition) is 0. The quantitative estimate of drug-likeness (QED) is 0.721. The number of amides is 1. The van der Waals surface area contributed by atoms with Crippen molar-refractivity contribution in [1.29, 1.82) is 0 Å². The van der Waals surface area contributed by atoms with E-state index in [0.717, 1.165) is 17.7 Å². The molecule has 0 unspecified atom stereocenters. The third-order valence-corrected chi connectivity index (χ3v) is 4.72. The number of para-hydroxylation sites is 1. The maximum atomic E-state index is 13.9. The number of nitrogens with zero attached hydrogens (tertiary/aromatic N) is 1. The van der Waals surface area contributed by atoms with Crippen molar-refractivity contribution in [3.63, 3.8) is 0 Å². The van der Waals surface area contributed by atoms with Crippen molar-refractivity contribution >= 4 is 33.5 Å². The van der Waals surface area contributed by atoms with E-state index >= 15 is 0 Å². The van der Waals surface area contributed by atoms with Crippen LogP contribution < -0.4 is 4.90 Å². The summed E-state index contributed by atoms with van der Waals surface area (Å²) in [6, 6.07) is 11.7. The fourth-order valence-electron chi connectivity index (χ4n) is 3.03. The molecule has 4 nitrogen and oxygen atoms in total. The van der Waals surface area contributed by atoms with Gasteiger partial charge in [0.05, 0.1) is 5.56 Å². The first-order valence-corrected chi connectivity index (χ1v) is 8.75. The topological polar surface area (TPSA) is 46.6 Å². The minimum Gasteiger partial charge on any atom is -0.449 e. The smallest absolute Gasteiger partial charge is 0.341 e. The Kier molecular flexibility index (Phi) is 4.90. The van der Waals surface area contributed by atoms with Gasteiger partial charge in [0, 0.05) is 16.2 Å². The molecule has 0 saturated carbocycles. The van der Waals surface area contributed by atoms with Gasteiger partial charge in [0.15, 0.2) is 6.10 Å². The van der Waals surface area contributed by atoms with Crippen LogP contribution in [0, 0.1) is 5.82 Å². The Hall–Kier alpha value is -2.21. The predicted octanol–water partition coefficient (Wildman–Crippen LogP) is 4.11. The Morgan fingerprint density at radius 3 is 2.72 bits per heavy atom. The molecule has 2 aromatic carbocycles. The molecule has 1 amide bonds. The molecule has 0 N–H and O–H groups in total. The zero-order valence-corrected chi connectivity index (χ0v) is 15.4. The normalized spacial score (nSPS) is 17.1. The number of benzene rings is 2. The lowest BCUT2D eigenvalue weighted by Crippen LogP contribution is -2.43. The number of fused-ring (bicyclic) bond motifs is 1. The zero-order valence-electron chi connectivity index (χ0n) is 13.8. The number of halogens is 2. The van der Waals surface area contributed by atoms with Gasteiger partial charge in [-0.2, -0.15) is 0 Å². The van der Waals surface area contributed by atoms with Crippen molar-refractivity contribution in [3.05, 3.63) is 63.9 Å². The molecule has 2 atom stereocenters. The molecule has 0 radical (unpaired) electrons. The summed E-state index contributed by atoms with van der Waals surface area (Å²) in [6.07, 6.45) is -0.256.